The van der Waals surface area contributed by atoms with E-state index in [4.69, 9.17) is 11.6 Å². The van der Waals surface area contributed by atoms with Gasteiger partial charge in [0.1, 0.15) is 0 Å². The highest BCUT2D eigenvalue weighted by atomic mass is 35.5. The second-order valence-electron chi connectivity index (χ2n) is 4.28. The topological polar surface area (TPSA) is 52.6 Å². The zero-order valence-corrected chi connectivity index (χ0v) is 10.4. The molecule has 0 aromatic heterocycles. The Hall–Kier alpha value is -1.26. The summed E-state index contributed by atoms with van der Waals surface area (Å²) >= 11 is 5.98. The summed E-state index contributed by atoms with van der Waals surface area (Å²) in [5.41, 5.74) is 1.65. The van der Waals surface area contributed by atoms with E-state index in [2.05, 4.69) is 5.32 Å². The number of hydrogen-bond donors (Lipinski definition) is 2. The van der Waals surface area contributed by atoms with Crippen molar-refractivity contribution in [1.82, 2.24) is 4.90 Å². The van der Waals surface area contributed by atoms with Gasteiger partial charge in [-0.2, -0.15) is 0 Å². The zero-order chi connectivity index (χ0) is 12.4. The monoisotopic (exact) mass is 254 g/mol. The number of nitrogens with zero attached hydrogens (tertiary/aromatic N) is 1. The fourth-order valence-corrected chi connectivity index (χ4v) is 1.98. The minimum absolute atomic E-state index is 0.193. The number of carbonyl (C=O) groups is 1. The predicted molar refractivity (Wildman–Crippen MR) is 67.4 cm³/mol. The maximum atomic E-state index is 11.8. The molecule has 1 aliphatic heterocycles. The molecule has 4 nitrogen and oxygen atoms in total. The van der Waals surface area contributed by atoms with Crippen LogP contribution in [0.25, 0.3) is 0 Å². The van der Waals surface area contributed by atoms with E-state index in [9.17, 15) is 9.90 Å². The largest absolute Gasteiger partial charge is 0.391 e. The lowest BCUT2D eigenvalue weighted by molar-refractivity contribution is 0.176. The summed E-state index contributed by atoms with van der Waals surface area (Å²) in [5, 5.41) is 12.7. The van der Waals surface area contributed by atoms with E-state index < -0.39 is 6.10 Å². The standard InChI is InChI=1S/C12H15ClN2O2/c1-8-2-3-9(6-11(8)13)14-12(17)15-5-4-10(16)7-15/h2-3,6,10,16H,4-5,7H2,1H3,(H,14,17)/t10-/m1/s1. The quantitative estimate of drug-likeness (QED) is 0.808. The molecule has 2 N–H and O–H groups in total. The number of anilines is 1. The highest BCUT2D eigenvalue weighted by Crippen LogP contribution is 2.20. The van der Waals surface area contributed by atoms with Crippen LogP contribution >= 0.6 is 11.6 Å². The Kier molecular flexibility index (Phi) is 3.54. The Bertz CT molecular complexity index is 437. The van der Waals surface area contributed by atoms with Crippen LogP contribution in [0.2, 0.25) is 5.02 Å². The normalized spacial score (nSPS) is 19.5. The Morgan fingerprint density at radius 3 is 2.94 bits per heavy atom. The second-order valence-corrected chi connectivity index (χ2v) is 4.69. The summed E-state index contributed by atoms with van der Waals surface area (Å²) in [6.45, 7) is 2.89. The van der Waals surface area contributed by atoms with Crippen LogP contribution in [0.1, 0.15) is 12.0 Å². The van der Waals surface area contributed by atoms with Gasteiger partial charge in [0.15, 0.2) is 0 Å². The number of likely N-dealkylation sites (tertiary alicyclic amines) is 1. The molecule has 2 amide bonds. The minimum Gasteiger partial charge on any atom is -0.391 e. The molecule has 0 spiro atoms. The summed E-state index contributed by atoms with van der Waals surface area (Å²) in [6.07, 6.45) is 0.240. The van der Waals surface area contributed by atoms with Gasteiger partial charge in [0.2, 0.25) is 0 Å². The fraction of sp³-hybridized carbons (Fsp3) is 0.417. The van der Waals surface area contributed by atoms with Crippen LogP contribution in [0.3, 0.4) is 0 Å². The van der Waals surface area contributed by atoms with Gasteiger partial charge in [-0.3, -0.25) is 0 Å². The van der Waals surface area contributed by atoms with Crippen LogP contribution in [0.15, 0.2) is 18.2 Å². The maximum Gasteiger partial charge on any atom is 0.321 e. The Morgan fingerprint density at radius 2 is 2.35 bits per heavy atom. The van der Waals surface area contributed by atoms with Crippen LogP contribution < -0.4 is 5.32 Å². The van der Waals surface area contributed by atoms with Crippen molar-refractivity contribution in [3.05, 3.63) is 28.8 Å². The molecule has 2 rings (SSSR count). The van der Waals surface area contributed by atoms with Gasteiger partial charge >= 0.3 is 6.03 Å². The highest BCUT2D eigenvalue weighted by molar-refractivity contribution is 6.31. The SMILES string of the molecule is Cc1ccc(NC(=O)N2CC[C@@H](O)C2)cc1Cl. The van der Waals surface area contributed by atoms with Crippen molar-refractivity contribution in [3.8, 4) is 0 Å². The first-order chi connectivity index (χ1) is 8.06. The predicted octanol–water partition coefficient (Wildman–Crippen LogP) is 2.25. The van der Waals surface area contributed by atoms with E-state index in [1.54, 1.807) is 11.0 Å². The highest BCUT2D eigenvalue weighted by Gasteiger charge is 2.24. The van der Waals surface area contributed by atoms with Crippen LogP contribution in [-0.4, -0.2) is 35.2 Å². The molecular formula is C12H15ClN2O2. The van der Waals surface area contributed by atoms with Gasteiger partial charge in [0.05, 0.1) is 6.10 Å². The molecule has 17 heavy (non-hydrogen) atoms. The van der Waals surface area contributed by atoms with E-state index in [1.165, 1.54) is 0 Å². The van der Waals surface area contributed by atoms with E-state index in [0.717, 1.165) is 5.56 Å². The third-order valence-electron chi connectivity index (χ3n) is 2.87. The molecule has 1 aromatic carbocycles. The lowest BCUT2D eigenvalue weighted by Crippen LogP contribution is -2.33. The fourth-order valence-electron chi connectivity index (χ4n) is 1.80. The van der Waals surface area contributed by atoms with Crippen molar-refractivity contribution < 1.29 is 9.90 Å². The Labute approximate surface area is 105 Å². The molecule has 1 aromatic rings. The first-order valence-corrected chi connectivity index (χ1v) is 5.94. The van der Waals surface area contributed by atoms with Crippen molar-refractivity contribution in [1.29, 1.82) is 0 Å². The number of rotatable bonds is 1. The van der Waals surface area contributed by atoms with Gasteiger partial charge in [-0.15, -0.1) is 0 Å². The number of urea groups is 1. The molecule has 1 saturated heterocycles. The van der Waals surface area contributed by atoms with Crippen molar-refractivity contribution in [2.75, 3.05) is 18.4 Å². The first-order valence-electron chi connectivity index (χ1n) is 5.56. The Morgan fingerprint density at radius 1 is 1.59 bits per heavy atom. The number of amides is 2. The first kappa shape index (κ1) is 12.2. The van der Waals surface area contributed by atoms with E-state index in [-0.39, 0.29) is 6.03 Å². The van der Waals surface area contributed by atoms with Crippen LogP contribution in [0.4, 0.5) is 10.5 Å². The molecule has 0 saturated carbocycles. The van der Waals surface area contributed by atoms with Gasteiger partial charge in [-0.05, 0) is 31.0 Å². The number of aliphatic hydroxyl groups is 1. The van der Waals surface area contributed by atoms with Gasteiger partial charge < -0.3 is 15.3 Å². The van der Waals surface area contributed by atoms with Gasteiger partial charge in [-0.25, -0.2) is 4.79 Å². The lowest BCUT2D eigenvalue weighted by atomic mass is 10.2. The number of aryl methyl sites for hydroxylation is 1. The van der Waals surface area contributed by atoms with Crippen LogP contribution in [0, 0.1) is 6.92 Å². The van der Waals surface area contributed by atoms with Gasteiger partial charge in [-0.1, -0.05) is 17.7 Å². The number of halogens is 1. The lowest BCUT2D eigenvalue weighted by Gasteiger charge is -2.16. The molecule has 0 aliphatic carbocycles. The number of nitrogens with one attached hydrogen (secondary N) is 1. The van der Waals surface area contributed by atoms with Crippen molar-refractivity contribution in [2.24, 2.45) is 0 Å². The van der Waals surface area contributed by atoms with Crippen LogP contribution in [0.5, 0.6) is 0 Å². The van der Waals surface area contributed by atoms with E-state index in [0.29, 0.717) is 30.2 Å². The minimum atomic E-state index is -0.401. The van der Waals surface area contributed by atoms with E-state index in [1.807, 2.05) is 19.1 Å². The molecule has 92 valence electrons. The molecule has 0 radical (unpaired) electrons. The van der Waals surface area contributed by atoms with Crippen molar-refractivity contribution in [3.63, 3.8) is 0 Å². The number of β-amino-alcohol motifs (C(OH)–C–C–N with tert-alkyl or cyclic N) is 1. The summed E-state index contributed by atoms with van der Waals surface area (Å²) < 4.78 is 0. The third kappa shape index (κ3) is 2.90. The van der Waals surface area contributed by atoms with Crippen molar-refractivity contribution >= 4 is 23.3 Å². The average molecular weight is 255 g/mol. The third-order valence-corrected chi connectivity index (χ3v) is 3.28. The summed E-state index contributed by atoms with van der Waals surface area (Å²) in [4.78, 5) is 13.4. The maximum absolute atomic E-state index is 11.8. The summed E-state index contributed by atoms with van der Waals surface area (Å²) in [6, 6.07) is 5.20. The molecule has 1 fully saturated rings. The molecule has 1 aliphatic rings. The van der Waals surface area contributed by atoms with Gasteiger partial charge in [0, 0.05) is 23.8 Å². The average Bonchev–Trinajstić information content (AvgIpc) is 2.70. The Balaban J connectivity index is 2.00. The number of hydrogen-bond acceptors (Lipinski definition) is 2. The van der Waals surface area contributed by atoms with Crippen LogP contribution in [-0.2, 0) is 0 Å². The number of benzene rings is 1. The zero-order valence-electron chi connectivity index (χ0n) is 9.61. The smallest absolute Gasteiger partial charge is 0.321 e. The molecule has 5 heteroatoms. The second kappa shape index (κ2) is 4.94. The number of carbonyl (C=O) groups excluding carboxylic acids is 1. The molecule has 0 bridgehead atoms. The molecule has 0 unspecified atom stereocenters. The summed E-state index contributed by atoms with van der Waals surface area (Å²) in [5.74, 6) is 0. The van der Waals surface area contributed by atoms with Gasteiger partial charge in [0.25, 0.3) is 0 Å². The summed E-state index contributed by atoms with van der Waals surface area (Å²) in [7, 11) is 0. The number of aliphatic hydroxyl groups excluding tert-OH is 1. The molecular weight excluding hydrogens is 240 g/mol. The molecule has 1 atom stereocenters. The van der Waals surface area contributed by atoms with Crippen molar-refractivity contribution in [2.45, 2.75) is 19.4 Å². The molecule has 1 heterocycles. The van der Waals surface area contributed by atoms with E-state index >= 15 is 0 Å².